The summed E-state index contributed by atoms with van der Waals surface area (Å²) in [4.78, 5) is 2.80. The van der Waals surface area contributed by atoms with Crippen LogP contribution in [0.5, 0.6) is 0 Å². The lowest BCUT2D eigenvalue weighted by Crippen LogP contribution is -1.96. The molecule has 0 aliphatic carbocycles. The third-order valence-corrected chi connectivity index (χ3v) is 3.55. The minimum absolute atomic E-state index is 0.0492. The molecule has 0 spiro atoms. The second-order valence-corrected chi connectivity index (χ2v) is 5.51. The van der Waals surface area contributed by atoms with Crippen LogP contribution in [0, 0.1) is 6.42 Å². The summed E-state index contributed by atoms with van der Waals surface area (Å²) in [6.45, 7) is 4.21. The Kier molecular flexibility index (Phi) is 14.8. The highest BCUT2D eigenvalue weighted by Crippen LogP contribution is 2.13. The van der Waals surface area contributed by atoms with Crippen molar-refractivity contribution in [2.45, 2.75) is 96.9 Å². The first-order chi connectivity index (χ1) is 9.31. The van der Waals surface area contributed by atoms with E-state index in [1.807, 2.05) is 6.92 Å². The summed E-state index contributed by atoms with van der Waals surface area (Å²) < 4.78 is 0. The number of azide groups is 1. The maximum absolute atomic E-state index is 8.27. The lowest BCUT2D eigenvalue weighted by molar-refractivity contribution is 0.546. The molecule has 0 aromatic rings. The molecule has 0 heterocycles. The Morgan fingerprint density at radius 3 is 1.84 bits per heavy atom. The lowest BCUT2D eigenvalue weighted by atomic mass is 10.0. The van der Waals surface area contributed by atoms with Crippen LogP contribution >= 0.6 is 0 Å². The van der Waals surface area contributed by atoms with E-state index in [0.29, 0.717) is 0 Å². The SMILES string of the molecule is CCCCCCCCCCCCC[CH][C@H](C)N=[N+]=[N-]. The van der Waals surface area contributed by atoms with E-state index in [0.717, 1.165) is 6.42 Å². The van der Waals surface area contributed by atoms with Crippen molar-refractivity contribution >= 4 is 0 Å². The largest absolute Gasteiger partial charge is 0.0906 e. The molecule has 1 radical (unpaired) electrons. The van der Waals surface area contributed by atoms with Gasteiger partial charge in [0.1, 0.15) is 0 Å². The molecule has 0 aliphatic heterocycles. The Hall–Kier alpha value is -0.690. The Morgan fingerprint density at radius 1 is 0.895 bits per heavy atom. The fraction of sp³-hybridized carbons (Fsp3) is 0.938. The van der Waals surface area contributed by atoms with Crippen LogP contribution in [-0.4, -0.2) is 6.04 Å². The number of hydrogen-bond donors (Lipinski definition) is 0. The molecule has 0 aromatic heterocycles. The van der Waals surface area contributed by atoms with E-state index in [-0.39, 0.29) is 6.04 Å². The maximum Gasteiger partial charge on any atom is 0.0376 e. The predicted molar refractivity (Wildman–Crippen MR) is 84.0 cm³/mol. The minimum atomic E-state index is 0.0492. The van der Waals surface area contributed by atoms with Gasteiger partial charge < -0.3 is 0 Å². The molecule has 0 unspecified atom stereocenters. The first kappa shape index (κ1) is 18.3. The zero-order chi connectivity index (χ0) is 14.2. The van der Waals surface area contributed by atoms with Crippen molar-refractivity contribution in [2.75, 3.05) is 0 Å². The fourth-order valence-electron chi connectivity index (χ4n) is 2.30. The van der Waals surface area contributed by atoms with E-state index < -0.39 is 0 Å². The highest BCUT2D eigenvalue weighted by atomic mass is 15.1. The summed E-state index contributed by atoms with van der Waals surface area (Å²) >= 11 is 0. The minimum Gasteiger partial charge on any atom is -0.0906 e. The Morgan fingerprint density at radius 2 is 1.37 bits per heavy atom. The third kappa shape index (κ3) is 15.3. The monoisotopic (exact) mass is 266 g/mol. The van der Waals surface area contributed by atoms with Gasteiger partial charge in [-0.1, -0.05) is 89.6 Å². The Bertz CT molecular complexity index is 222. The summed E-state index contributed by atoms with van der Waals surface area (Å²) in [6.07, 6.45) is 18.4. The van der Waals surface area contributed by atoms with Crippen LogP contribution in [0.2, 0.25) is 0 Å². The van der Waals surface area contributed by atoms with Crippen LogP contribution in [0.15, 0.2) is 5.11 Å². The third-order valence-electron chi connectivity index (χ3n) is 3.55. The molecule has 0 bridgehead atoms. The van der Waals surface area contributed by atoms with Gasteiger partial charge in [-0.25, -0.2) is 0 Å². The molecule has 0 amide bonds. The predicted octanol–water partition coefficient (Wildman–Crippen LogP) is 6.59. The molecule has 1 atom stereocenters. The van der Waals surface area contributed by atoms with Crippen molar-refractivity contribution in [1.82, 2.24) is 0 Å². The Labute approximate surface area is 119 Å². The van der Waals surface area contributed by atoms with Gasteiger partial charge in [-0.2, -0.15) is 0 Å². The summed E-state index contributed by atoms with van der Waals surface area (Å²) in [6, 6.07) is 0.0492. The van der Waals surface area contributed by atoms with Crippen molar-refractivity contribution in [3.63, 3.8) is 0 Å². The quantitative estimate of drug-likeness (QED) is 0.147. The van der Waals surface area contributed by atoms with E-state index in [4.69, 9.17) is 5.53 Å². The highest BCUT2D eigenvalue weighted by molar-refractivity contribution is 4.78. The lowest BCUT2D eigenvalue weighted by Gasteiger charge is -2.04. The topological polar surface area (TPSA) is 48.8 Å². The van der Waals surface area contributed by atoms with Gasteiger partial charge in [0.2, 0.25) is 0 Å². The first-order valence-corrected chi connectivity index (χ1v) is 8.18. The van der Waals surface area contributed by atoms with E-state index in [1.54, 1.807) is 0 Å². The molecule has 3 heteroatoms. The van der Waals surface area contributed by atoms with Crippen LogP contribution < -0.4 is 0 Å². The van der Waals surface area contributed by atoms with Gasteiger partial charge in [-0.15, -0.1) is 0 Å². The number of rotatable bonds is 14. The van der Waals surface area contributed by atoms with Crippen molar-refractivity contribution in [1.29, 1.82) is 0 Å². The van der Waals surface area contributed by atoms with E-state index in [9.17, 15) is 0 Å². The highest BCUT2D eigenvalue weighted by Gasteiger charge is 1.98. The second-order valence-electron chi connectivity index (χ2n) is 5.51. The van der Waals surface area contributed by atoms with E-state index in [1.165, 1.54) is 70.6 Å². The van der Waals surface area contributed by atoms with Crippen LogP contribution in [-0.2, 0) is 0 Å². The molecule has 19 heavy (non-hydrogen) atoms. The van der Waals surface area contributed by atoms with E-state index in [2.05, 4.69) is 23.4 Å². The molecule has 0 saturated carbocycles. The van der Waals surface area contributed by atoms with Gasteiger partial charge in [0.15, 0.2) is 0 Å². The molecule has 0 aromatic carbocycles. The normalized spacial score (nSPS) is 12.1. The van der Waals surface area contributed by atoms with Crippen molar-refractivity contribution in [3.05, 3.63) is 16.9 Å². The molecule has 3 nitrogen and oxygen atoms in total. The molecular weight excluding hydrogens is 234 g/mol. The molecular formula is C16H32N3. The van der Waals surface area contributed by atoms with Crippen LogP contribution in [0.4, 0.5) is 0 Å². The average molecular weight is 266 g/mol. The van der Waals surface area contributed by atoms with Gasteiger partial charge in [0.25, 0.3) is 0 Å². The van der Waals surface area contributed by atoms with Crippen molar-refractivity contribution in [2.24, 2.45) is 5.11 Å². The van der Waals surface area contributed by atoms with Gasteiger partial charge in [0, 0.05) is 11.0 Å². The zero-order valence-corrected chi connectivity index (χ0v) is 13.0. The number of hydrogen-bond acceptors (Lipinski definition) is 1. The summed E-state index contributed by atoms with van der Waals surface area (Å²) in [7, 11) is 0. The van der Waals surface area contributed by atoms with Gasteiger partial charge in [0.05, 0.1) is 0 Å². The van der Waals surface area contributed by atoms with Crippen molar-refractivity contribution < 1.29 is 0 Å². The van der Waals surface area contributed by atoms with Crippen LogP contribution in [0.3, 0.4) is 0 Å². The maximum atomic E-state index is 8.27. The van der Waals surface area contributed by atoms with Gasteiger partial charge in [-0.05, 0) is 18.4 Å². The molecule has 111 valence electrons. The summed E-state index contributed by atoms with van der Waals surface area (Å²) in [5.74, 6) is 0. The van der Waals surface area contributed by atoms with Crippen molar-refractivity contribution in [3.8, 4) is 0 Å². The van der Waals surface area contributed by atoms with Crippen LogP contribution in [0.25, 0.3) is 10.4 Å². The molecule has 0 fully saturated rings. The smallest absolute Gasteiger partial charge is 0.0376 e. The Balaban J connectivity index is 3.04. The van der Waals surface area contributed by atoms with Crippen LogP contribution in [0.1, 0.15) is 90.9 Å². The first-order valence-electron chi connectivity index (χ1n) is 8.18. The van der Waals surface area contributed by atoms with Gasteiger partial charge in [-0.3, -0.25) is 0 Å². The molecule has 0 saturated heterocycles. The van der Waals surface area contributed by atoms with Gasteiger partial charge >= 0.3 is 0 Å². The number of unbranched alkanes of at least 4 members (excludes halogenated alkanes) is 11. The average Bonchev–Trinajstić information content (AvgIpc) is 2.40. The number of nitrogens with zero attached hydrogens (tertiary/aromatic N) is 3. The second kappa shape index (κ2) is 15.4. The fourth-order valence-corrected chi connectivity index (χ4v) is 2.30. The standard InChI is InChI=1S/C16H32N3/c1-3-4-5-6-7-8-9-10-11-12-13-14-15-16(2)18-19-17/h15-16H,3-14H2,1-2H3/t16-/m0/s1. The molecule has 0 aliphatic rings. The molecule has 0 rings (SSSR count). The summed E-state index contributed by atoms with van der Waals surface area (Å²) in [5, 5.41) is 3.64. The van der Waals surface area contributed by atoms with E-state index >= 15 is 0 Å². The molecule has 0 N–H and O–H groups in total. The summed E-state index contributed by atoms with van der Waals surface area (Å²) in [5.41, 5.74) is 8.27. The zero-order valence-electron chi connectivity index (χ0n) is 13.0.